The Hall–Kier alpha value is -3.39. The van der Waals surface area contributed by atoms with Crippen molar-refractivity contribution in [2.45, 2.75) is 5.75 Å². The molecule has 0 aliphatic carbocycles. The Balaban J connectivity index is 2.16. The molecule has 0 saturated carbocycles. The van der Waals surface area contributed by atoms with Gasteiger partial charge in [-0.15, -0.1) is 0 Å². The first-order valence-corrected chi connectivity index (χ1v) is 8.65. The van der Waals surface area contributed by atoms with Crippen molar-refractivity contribution in [3.8, 4) is 23.7 Å². The SMILES string of the molecule is COc1nc(C#N)cc(Oc2ccc(CS(=O)(=O)N(C)C(=O)O)cc2)n1. The minimum absolute atomic E-state index is 0.0292. The maximum Gasteiger partial charge on any atom is 0.420 e. The smallest absolute Gasteiger partial charge is 0.420 e. The molecule has 136 valence electrons. The van der Waals surface area contributed by atoms with Gasteiger partial charge in [0.2, 0.25) is 15.9 Å². The van der Waals surface area contributed by atoms with Crippen LogP contribution in [-0.4, -0.2) is 48.0 Å². The van der Waals surface area contributed by atoms with Gasteiger partial charge in [0.15, 0.2) is 5.69 Å². The maximum absolute atomic E-state index is 11.9. The molecule has 0 bridgehead atoms. The highest BCUT2D eigenvalue weighted by Crippen LogP contribution is 2.23. The van der Waals surface area contributed by atoms with Crippen LogP contribution in [0.3, 0.4) is 0 Å². The standard InChI is InChI=1S/C15H14N4O6S/c1-19(15(20)21)26(22,23)9-10-3-5-12(6-4-10)25-13-7-11(8-16)17-14(18-13)24-2/h3-7H,9H2,1-2H3,(H,20,21). The number of sulfonamides is 1. The van der Waals surface area contributed by atoms with Gasteiger partial charge in [-0.3, -0.25) is 0 Å². The Kier molecular flexibility index (Phi) is 5.58. The molecule has 0 fully saturated rings. The molecule has 0 aliphatic heterocycles. The van der Waals surface area contributed by atoms with Gasteiger partial charge in [-0.2, -0.15) is 15.2 Å². The van der Waals surface area contributed by atoms with E-state index in [4.69, 9.17) is 19.8 Å². The summed E-state index contributed by atoms with van der Waals surface area (Å²) >= 11 is 0. The zero-order valence-electron chi connectivity index (χ0n) is 13.8. The van der Waals surface area contributed by atoms with E-state index >= 15 is 0 Å². The van der Waals surface area contributed by atoms with Gasteiger partial charge in [0.25, 0.3) is 0 Å². The Morgan fingerprint density at radius 2 is 1.96 bits per heavy atom. The third-order valence-electron chi connectivity index (χ3n) is 3.16. The molecule has 26 heavy (non-hydrogen) atoms. The number of carboxylic acid groups (broad SMARTS) is 1. The van der Waals surface area contributed by atoms with E-state index in [9.17, 15) is 13.2 Å². The summed E-state index contributed by atoms with van der Waals surface area (Å²) in [5.41, 5.74) is 0.440. The zero-order valence-corrected chi connectivity index (χ0v) is 14.6. The summed E-state index contributed by atoms with van der Waals surface area (Å²) in [5, 5.41) is 17.7. The van der Waals surface area contributed by atoms with Crippen molar-refractivity contribution in [2.75, 3.05) is 14.2 Å². The first-order valence-electron chi connectivity index (χ1n) is 7.04. The average Bonchev–Trinajstić information content (AvgIpc) is 2.61. The third-order valence-corrected chi connectivity index (χ3v) is 4.85. The Bertz CT molecular complexity index is 953. The molecular weight excluding hydrogens is 364 g/mol. The largest absolute Gasteiger partial charge is 0.467 e. The van der Waals surface area contributed by atoms with Gasteiger partial charge < -0.3 is 14.6 Å². The van der Waals surface area contributed by atoms with Crippen LogP contribution in [0.15, 0.2) is 30.3 Å². The minimum Gasteiger partial charge on any atom is -0.467 e. The molecule has 1 N–H and O–H groups in total. The summed E-state index contributed by atoms with van der Waals surface area (Å²) in [6, 6.07) is 9.09. The number of ether oxygens (including phenoxy) is 2. The third kappa shape index (κ3) is 4.58. The van der Waals surface area contributed by atoms with Crippen LogP contribution in [0, 0.1) is 11.3 Å². The van der Waals surface area contributed by atoms with Crippen LogP contribution < -0.4 is 9.47 Å². The molecule has 2 rings (SSSR count). The lowest BCUT2D eigenvalue weighted by Crippen LogP contribution is -2.32. The van der Waals surface area contributed by atoms with Crippen molar-refractivity contribution < 1.29 is 27.8 Å². The second kappa shape index (κ2) is 7.66. The van der Waals surface area contributed by atoms with Gasteiger partial charge >= 0.3 is 12.1 Å². The van der Waals surface area contributed by atoms with E-state index in [1.54, 1.807) is 0 Å². The summed E-state index contributed by atoms with van der Waals surface area (Å²) in [6.07, 6.45) is -1.56. The topological polar surface area (TPSA) is 143 Å². The van der Waals surface area contributed by atoms with E-state index in [1.165, 1.54) is 37.4 Å². The van der Waals surface area contributed by atoms with Gasteiger partial charge in [-0.1, -0.05) is 12.1 Å². The fourth-order valence-electron chi connectivity index (χ4n) is 1.81. The van der Waals surface area contributed by atoms with Gasteiger partial charge in [-0.25, -0.2) is 17.5 Å². The van der Waals surface area contributed by atoms with Crippen molar-refractivity contribution in [3.05, 3.63) is 41.6 Å². The average molecular weight is 378 g/mol. The first-order chi connectivity index (χ1) is 12.2. The molecule has 0 radical (unpaired) electrons. The van der Waals surface area contributed by atoms with Crippen LogP contribution in [0.4, 0.5) is 4.79 Å². The predicted octanol–water partition coefficient (Wildman–Crippen LogP) is 1.59. The lowest BCUT2D eigenvalue weighted by atomic mass is 10.2. The Morgan fingerprint density at radius 1 is 1.31 bits per heavy atom. The van der Waals surface area contributed by atoms with Gasteiger partial charge in [-0.05, 0) is 17.7 Å². The van der Waals surface area contributed by atoms with E-state index in [2.05, 4.69) is 9.97 Å². The number of hydrogen-bond acceptors (Lipinski definition) is 8. The highest BCUT2D eigenvalue weighted by atomic mass is 32.2. The zero-order chi connectivity index (χ0) is 19.3. The van der Waals surface area contributed by atoms with Crippen molar-refractivity contribution in [3.63, 3.8) is 0 Å². The molecule has 1 amide bonds. The molecule has 0 unspecified atom stereocenters. The highest BCUT2D eigenvalue weighted by molar-refractivity contribution is 7.88. The number of benzene rings is 1. The summed E-state index contributed by atoms with van der Waals surface area (Å²) in [4.78, 5) is 18.5. The molecule has 0 saturated heterocycles. The van der Waals surface area contributed by atoms with E-state index < -0.39 is 21.9 Å². The first kappa shape index (κ1) is 18.9. The summed E-state index contributed by atoms with van der Waals surface area (Å²) < 4.78 is 34.5. The summed E-state index contributed by atoms with van der Waals surface area (Å²) in [5.74, 6) is -0.0579. The van der Waals surface area contributed by atoms with Crippen LogP contribution >= 0.6 is 0 Å². The summed E-state index contributed by atoms with van der Waals surface area (Å²) in [7, 11) is -1.67. The van der Waals surface area contributed by atoms with Crippen molar-refractivity contribution >= 4 is 16.1 Å². The van der Waals surface area contributed by atoms with E-state index in [0.29, 0.717) is 11.3 Å². The minimum atomic E-state index is -3.98. The number of hydrogen-bond donors (Lipinski definition) is 1. The Morgan fingerprint density at radius 3 is 2.50 bits per heavy atom. The lowest BCUT2D eigenvalue weighted by molar-refractivity contribution is 0.178. The molecule has 2 aromatic rings. The monoisotopic (exact) mass is 378 g/mol. The fraction of sp³-hybridized carbons (Fsp3) is 0.200. The van der Waals surface area contributed by atoms with Crippen LogP contribution in [-0.2, 0) is 15.8 Å². The molecule has 10 nitrogen and oxygen atoms in total. The Labute approximate surface area is 149 Å². The number of aromatic nitrogens is 2. The fourth-order valence-corrected chi connectivity index (χ4v) is 2.85. The molecule has 1 aromatic heterocycles. The van der Waals surface area contributed by atoms with E-state index in [1.807, 2.05) is 6.07 Å². The number of rotatable bonds is 6. The highest BCUT2D eigenvalue weighted by Gasteiger charge is 2.23. The van der Waals surface area contributed by atoms with Crippen molar-refractivity contribution in [1.82, 2.24) is 14.3 Å². The number of nitrogens with zero attached hydrogens (tertiary/aromatic N) is 4. The number of nitriles is 1. The molecule has 0 atom stereocenters. The van der Waals surface area contributed by atoms with E-state index in [-0.39, 0.29) is 21.9 Å². The number of carbonyl (C=O) groups is 1. The van der Waals surface area contributed by atoms with Crippen molar-refractivity contribution in [1.29, 1.82) is 5.26 Å². The van der Waals surface area contributed by atoms with Crippen LogP contribution in [0.25, 0.3) is 0 Å². The van der Waals surface area contributed by atoms with Crippen LogP contribution in [0.2, 0.25) is 0 Å². The normalized spacial score (nSPS) is 10.7. The van der Waals surface area contributed by atoms with Gasteiger partial charge in [0.1, 0.15) is 11.8 Å². The van der Waals surface area contributed by atoms with Gasteiger partial charge in [0, 0.05) is 13.1 Å². The molecule has 11 heteroatoms. The van der Waals surface area contributed by atoms with Crippen LogP contribution in [0.1, 0.15) is 11.3 Å². The summed E-state index contributed by atoms with van der Waals surface area (Å²) in [6.45, 7) is 0. The number of amides is 1. The molecule has 0 spiro atoms. The predicted molar refractivity (Wildman–Crippen MR) is 88.2 cm³/mol. The second-order valence-corrected chi connectivity index (χ2v) is 6.94. The second-order valence-electron chi connectivity index (χ2n) is 4.94. The molecule has 1 heterocycles. The lowest BCUT2D eigenvalue weighted by Gasteiger charge is -2.13. The maximum atomic E-state index is 11.9. The molecule has 0 aliphatic rings. The van der Waals surface area contributed by atoms with Crippen LogP contribution in [0.5, 0.6) is 17.6 Å². The quantitative estimate of drug-likeness (QED) is 0.792. The molecule has 1 aromatic carbocycles. The molecular formula is C15H14N4O6S. The van der Waals surface area contributed by atoms with Crippen molar-refractivity contribution in [2.24, 2.45) is 0 Å². The number of methoxy groups -OCH3 is 1. The van der Waals surface area contributed by atoms with E-state index in [0.717, 1.165) is 7.05 Å². The van der Waals surface area contributed by atoms with Gasteiger partial charge in [0.05, 0.1) is 12.9 Å².